The van der Waals surface area contributed by atoms with Crippen molar-refractivity contribution in [1.82, 2.24) is 25.3 Å². The molecule has 0 saturated carbocycles. The molecular weight excluding hydrogens is 338 g/mol. The standard InChI is InChI=1S/C21H19N5O/c27-21(26-10-4-7-19(26)14-5-2-1-3-6-14)20-17-11-15(16-12-22-23-13-16)8-9-18(17)24-25-20/h1-3,5-6,8-9,11-13,19H,4,7,10H2,(H,22,23)(H,24,25). The van der Waals surface area contributed by atoms with Crippen LogP contribution in [0.1, 0.15) is 34.9 Å². The molecule has 27 heavy (non-hydrogen) atoms. The number of hydrogen-bond donors (Lipinski definition) is 2. The van der Waals surface area contributed by atoms with E-state index in [0.717, 1.165) is 41.4 Å². The molecule has 2 N–H and O–H groups in total. The number of carbonyl (C=O) groups is 1. The van der Waals surface area contributed by atoms with E-state index >= 15 is 0 Å². The third-order valence-corrected chi connectivity index (χ3v) is 5.29. The lowest BCUT2D eigenvalue weighted by atomic mass is 10.0. The highest BCUT2D eigenvalue weighted by molar-refractivity contribution is 6.05. The number of nitrogens with one attached hydrogen (secondary N) is 2. The first-order chi connectivity index (χ1) is 13.3. The maximum atomic E-state index is 13.3. The van der Waals surface area contributed by atoms with E-state index in [4.69, 9.17) is 0 Å². The van der Waals surface area contributed by atoms with E-state index in [9.17, 15) is 4.79 Å². The zero-order chi connectivity index (χ0) is 18.2. The van der Waals surface area contributed by atoms with Crippen molar-refractivity contribution >= 4 is 16.8 Å². The predicted molar refractivity (Wildman–Crippen MR) is 103 cm³/mol. The summed E-state index contributed by atoms with van der Waals surface area (Å²) in [6.07, 6.45) is 5.61. The molecule has 1 atom stereocenters. The highest BCUT2D eigenvalue weighted by Crippen LogP contribution is 2.34. The molecule has 1 unspecified atom stereocenters. The van der Waals surface area contributed by atoms with Gasteiger partial charge in [0.05, 0.1) is 17.8 Å². The largest absolute Gasteiger partial charge is 0.330 e. The van der Waals surface area contributed by atoms with Crippen molar-refractivity contribution < 1.29 is 4.79 Å². The molecule has 1 aliphatic rings. The van der Waals surface area contributed by atoms with E-state index in [1.165, 1.54) is 5.56 Å². The van der Waals surface area contributed by atoms with Crippen LogP contribution in [-0.2, 0) is 0 Å². The van der Waals surface area contributed by atoms with Crippen LogP contribution in [0.5, 0.6) is 0 Å². The molecule has 2 aromatic heterocycles. The van der Waals surface area contributed by atoms with Crippen LogP contribution in [-0.4, -0.2) is 37.7 Å². The Balaban J connectivity index is 1.53. The van der Waals surface area contributed by atoms with Crippen LogP contribution in [0.3, 0.4) is 0 Å². The molecule has 1 saturated heterocycles. The lowest BCUT2D eigenvalue weighted by molar-refractivity contribution is 0.0731. The van der Waals surface area contributed by atoms with Gasteiger partial charge in [-0.25, -0.2) is 0 Å². The highest BCUT2D eigenvalue weighted by atomic mass is 16.2. The number of rotatable bonds is 3. The average molecular weight is 357 g/mol. The second-order valence-corrected chi connectivity index (χ2v) is 6.89. The first-order valence-electron chi connectivity index (χ1n) is 9.14. The van der Waals surface area contributed by atoms with Crippen LogP contribution < -0.4 is 0 Å². The topological polar surface area (TPSA) is 77.7 Å². The van der Waals surface area contributed by atoms with Gasteiger partial charge in [0.1, 0.15) is 0 Å². The van der Waals surface area contributed by atoms with Crippen LogP contribution in [0.4, 0.5) is 0 Å². The normalized spacial score (nSPS) is 16.9. The third-order valence-electron chi connectivity index (χ3n) is 5.29. The van der Waals surface area contributed by atoms with Gasteiger partial charge in [-0.3, -0.25) is 15.0 Å². The summed E-state index contributed by atoms with van der Waals surface area (Å²) in [5, 5.41) is 15.0. The van der Waals surface area contributed by atoms with E-state index in [1.807, 2.05) is 47.5 Å². The molecule has 5 rings (SSSR count). The van der Waals surface area contributed by atoms with Gasteiger partial charge in [-0.05, 0) is 36.1 Å². The summed E-state index contributed by atoms with van der Waals surface area (Å²) in [4.78, 5) is 15.3. The second kappa shape index (κ2) is 6.39. The minimum Gasteiger partial charge on any atom is -0.330 e. The fourth-order valence-corrected chi connectivity index (χ4v) is 3.93. The molecule has 1 aliphatic heterocycles. The molecule has 0 radical (unpaired) electrons. The Morgan fingerprint density at radius 1 is 1.11 bits per heavy atom. The minimum atomic E-state index is -0.0167. The number of amides is 1. The quantitative estimate of drug-likeness (QED) is 0.583. The van der Waals surface area contributed by atoms with Crippen LogP contribution in [0.2, 0.25) is 0 Å². The maximum Gasteiger partial charge on any atom is 0.275 e. The van der Waals surface area contributed by atoms with Crippen LogP contribution in [0.25, 0.3) is 22.0 Å². The first kappa shape index (κ1) is 15.8. The second-order valence-electron chi connectivity index (χ2n) is 6.89. The van der Waals surface area contributed by atoms with Gasteiger partial charge in [0.15, 0.2) is 5.69 Å². The Hall–Kier alpha value is -3.41. The van der Waals surface area contributed by atoms with Gasteiger partial charge < -0.3 is 4.90 Å². The summed E-state index contributed by atoms with van der Waals surface area (Å²) >= 11 is 0. The van der Waals surface area contributed by atoms with Crippen molar-refractivity contribution in [2.45, 2.75) is 18.9 Å². The van der Waals surface area contributed by atoms with Gasteiger partial charge in [-0.15, -0.1) is 0 Å². The van der Waals surface area contributed by atoms with Gasteiger partial charge in [-0.2, -0.15) is 10.2 Å². The Kier molecular flexibility index (Phi) is 3.74. The molecule has 4 aromatic rings. The molecular formula is C21H19N5O. The van der Waals surface area contributed by atoms with Crippen LogP contribution in [0, 0.1) is 0 Å². The molecule has 1 amide bonds. The van der Waals surface area contributed by atoms with Crippen molar-refractivity contribution in [2.75, 3.05) is 6.54 Å². The van der Waals surface area contributed by atoms with Crippen molar-refractivity contribution in [2.24, 2.45) is 0 Å². The molecule has 6 nitrogen and oxygen atoms in total. The Morgan fingerprint density at radius 2 is 2.00 bits per heavy atom. The molecule has 0 spiro atoms. The molecule has 1 fully saturated rings. The third kappa shape index (κ3) is 2.70. The highest BCUT2D eigenvalue weighted by Gasteiger charge is 2.32. The summed E-state index contributed by atoms with van der Waals surface area (Å²) in [6, 6.07) is 16.3. The lowest BCUT2D eigenvalue weighted by Gasteiger charge is -2.24. The zero-order valence-electron chi connectivity index (χ0n) is 14.7. The van der Waals surface area contributed by atoms with E-state index in [2.05, 4.69) is 32.5 Å². The zero-order valence-corrected chi connectivity index (χ0v) is 14.7. The Morgan fingerprint density at radius 3 is 2.81 bits per heavy atom. The smallest absolute Gasteiger partial charge is 0.275 e. The van der Waals surface area contributed by atoms with Gasteiger partial charge in [-0.1, -0.05) is 36.4 Å². The lowest BCUT2D eigenvalue weighted by Crippen LogP contribution is -2.31. The number of hydrogen-bond acceptors (Lipinski definition) is 3. The summed E-state index contributed by atoms with van der Waals surface area (Å²) in [5.74, 6) is -0.0167. The van der Waals surface area contributed by atoms with E-state index < -0.39 is 0 Å². The number of aromatic amines is 2. The Bertz CT molecular complexity index is 1080. The molecule has 134 valence electrons. The van der Waals surface area contributed by atoms with Crippen molar-refractivity contribution in [3.8, 4) is 11.1 Å². The number of H-pyrrole nitrogens is 2. The molecule has 3 heterocycles. The summed E-state index contributed by atoms with van der Waals surface area (Å²) in [5.41, 5.74) is 4.52. The summed E-state index contributed by atoms with van der Waals surface area (Å²) < 4.78 is 0. The van der Waals surface area contributed by atoms with Gasteiger partial charge in [0.25, 0.3) is 5.91 Å². The SMILES string of the molecule is O=C(c1n[nH]c2ccc(-c3cn[nH]c3)cc12)N1CCCC1c1ccccc1. The van der Waals surface area contributed by atoms with Crippen LogP contribution in [0.15, 0.2) is 60.9 Å². The molecule has 0 aliphatic carbocycles. The molecule has 2 aromatic carbocycles. The predicted octanol–water partition coefficient (Wildman–Crippen LogP) is 3.93. The maximum absolute atomic E-state index is 13.3. The number of likely N-dealkylation sites (tertiary alicyclic amines) is 1. The van der Waals surface area contributed by atoms with Crippen molar-refractivity contribution in [3.05, 3.63) is 72.2 Å². The summed E-state index contributed by atoms with van der Waals surface area (Å²) in [6.45, 7) is 0.758. The number of benzene rings is 2. The number of carbonyl (C=O) groups excluding carboxylic acids is 1. The van der Waals surface area contributed by atoms with E-state index in [0.29, 0.717) is 5.69 Å². The van der Waals surface area contributed by atoms with E-state index in [1.54, 1.807) is 6.20 Å². The minimum absolute atomic E-state index is 0.0167. The number of nitrogens with zero attached hydrogens (tertiary/aromatic N) is 3. The number of fused-ring (bicyclic) bond motifs is 1. The van der Waals surface area contributed by atoms with Crippen molar-refractivity contribution in [3.63, 3.8) is 0 Å². The summed E-state index contributed by atoms with van der Waals surface area (Å²) in [7, 11) is 0. The van der Waals surface area contributed by atoms with E-state index in [-0.39, 0.29) is 11.9 Å². The molecule has 0 bridgehead atoms. The molecule has 6 heteroatoms. The fourth-order valence-electron chi connectivity index (χ4n) is 3.93. The van der Waals surface area contributed by atoms with Crippen LogP contribution >= 0.6 is 0 Å². The van der Waals surface area contributed by atoms with Gasteiger partial charge in [0.2, 0.25) is 0 Å². The fraction of sp³-hybridized carbons (Fsp3) is 0.190. The first-order valence-corrected chi connectivity index (χ1v) is 9.14. The average Bonchev–Trinajstić information content (AvgIpc) is 3.48. The Labute approximate surface area is 156 Å². The van der Waals surface area contributed by atoms with Crippen molar-refractivity contribution in [1.29, 1.82) is 0 Å². The van der Waals surface area contributed by atoms with Gasteiger partial charge in [0, 0.05) is 23.7 Å². The monoisotopic (exact) mass is 357 g/mol. The van der Waals surface area contributed by atoms with Gasteiger partial charge >= 0.3 is 0 Å². The number of aromatic nitrogens is 4.